The fraction of sp³-hybridized carbons (Fsp3) is 0.682. The summed E-state index contributed by atoms with van der Waals surface area (Å²) >= 11 is 0. The summed E-state index contributed by atoms with van der Waals surface area (Å²) < 4.78 is 5.61. The zero-order valence-corrected chi connectivity index (χ0v) is 17.7. The molecule has 164 valence electrons. The number of aromatic nitrogens is 1. The molecular weight excluding hydrogens is 384 g/mol. The van der Waals surface area contributed by atoms with Crippen molar-refractivity contribution in [3.63, 3.8) is 0 Å². The predicted octanol–water partition coefficient (Wildman–Crippen LogP) is 0.763. The minimum atomic E-state index is -0.425. The van der Waals surface area contributed by atoms with E-state index in [1.54, 1.807) is 13.0 Å². The molecule has 1 unspecified atom stereocenters. The Kier molecular flexibility index (Phi) is 6.53. The number of hydrogen-bond donors (Lipinski definition) is 2. The van der Waals surface area contributed by atoms with E-state index in [0.29, 0.717) is 18.2 Å². The minimum Gasteiger partial charge on any atom is -0.365 e. The minimum absolute atomic E-state index is 0.0213. The maximum absolute atomic E-state index is 12.3. The number of amides is 2. The first kappa shape index (κ1) is 21.1. The number of rotatable bonds is 7. The van der Waals surface area contributed by atoms with Crippen LogP contribution < -0.4 is 10.9 Å². The average molecular weight is 417 g/mol. The van der Waals surface area contributed by atoms with E-state index in [4.69, 9.17) is 4.74 Å². The molecule has 2 N–H and O–H groups in total. The number of nitrogens with zero attached hydrogens (tertiary/aromatic N) is 2. The van der Waals surface area contributed by atoms with Gasteiger partial charge in [0.2, 0.25) is 5.91 Å². The number of hydrogen-bond acceptors (Lipinski definition) is 5. The lowest BCUT2D eigenvalue weighted by Crippen LogP contribution is -2.52. The Morgan fingerprint density at radius 3 is 2.57 bits per heavy atom. The van der Waals surface area contributed by atoms with Crippen molar-refractivity contribution in [2.45, 2.75) is 38.7 Å². The van der Waals surface area contributed by atoms with Crippen LogP contribution in [0.4, 0.5) is 0 Å². The van der Waals surface area contributed by atoms with E-state index >= 15 is 0 Å². The number of likely N-dealkylation sites (tertiary alicyclic amines) is 1. The van der Waals surface area contributed by atoms with E-state index in [0.717, 1.165) is 38.4 Å². The Morgan fingerprint density at radius 1 is 1.13 bits per heavy atom. The molecule has 30 heavy (non-hydrogen) atoms. The zero-order valence-electron chi connectivity index (χ0n) is 17.7. The van der Waals surface area contributed by atoms with Crippen LogP contribution in [0.5, 0.6) is 0 Å². The molecule has 2 aliphatic heterocycles. The Labute approximate surface area is 177 Å². The van der Waals surface area contributed by atoms with Gasteiger partial charge in [-0.05, 0) is 69.7 Å². The molecule has 1 aliphatic carbocycles. The van der Waals surface area contributed by atoms with Gasteiger partial charge in [0.05, 0.1) is 6.10 Å². The van der Waals surface area contributed by atoms with Gasteiger partial charge < -0.3 is 24.8 Å². The molecule has 3 heterocycles. The number of carbonyl (C=O) groups is 2. The maximum Gasteiger partial charge on any atom is 0.260 e. The molecule has 3 aliphatic rings. The van der Waals surface area contributed by atoms with Crippen molar-refractivity contribution in [1.29, 1.82) is 0 Å². The summed E-state index contributed by atoms with van der Waals surface area (Å²) in [5, 5.41) is 2.77. The second-order valence-corrected chi connectivity index (χ2v) is 9.01. The van der Waals surface area contributed by atoms with Gasteiger partial charge >= 0.3 is 0 Å². The van der Waals surface area contributed by atoms with Crippen LogP contribution in [0.1, 0.15) is 41.7 Å². The van der Waals surface area contributed by atoms with Crippen molar-refractivity contribution in [1.82, 2.24) is 20.1 Å². The molecule has 1 aromatic heterocycles. The van der Waals surface area contributed by atoms with Gasteiger partial charge in [0.25, 0.3) is 11.5 Å². The molecule has 0 spiro atoms. The van der Waals surface area contributed by atoms with E-state index in [9.17, 15) is 14.4 Å². The highest BCUT2D eigenvalue weighted by molar-refractivity contribution is 5.93. The van der Waals surface area contributed by atoms with Crippen LogP contribution in [-0.2, 0) is 9.53 Å². The molecule has 2 saturated heterocycles. The molecular formula is C22H32N4O4. The number of H-pyrrole nitrogens is 1. The summed E-state index contributed by atoms with van der Waals surface area (Å²) in [4.78, 5) is 43.7. The summed E-state index contributed by atoms with van der Waals surface area (Å²) in [6.45, 7) is 6.83. The third-order valence-electron chi connectivity index (χ3n) is 6.41. The van der Waals surface area contributed by atoms with Crippen molar-refractivity contribution in [2.24, 2.45) is 11.8 Å². The van der Waals surface area contributed by atoms with E-state index < -0.39 is 11.5 Å². The molecule has 8 heteroatoms. The number of aromatic amines is 1. The Bertz CT molecular complexity index is 827. The highest BCUT2D eigenvalue weighted by Crippen LogP contribution is 2.31. The second-order valence-electron chi connectivity index (χ2n) is 9.01. The fourth-order valence-corrected chi connectivity index (χ4v) is 4.36. The summed E-state index contributed by atoms with van der Waals surface area (Å²) in [6.07, 6.45) is 4.78. The Morgan fingerprint density at radius 2 is 1.87 bits per heavy atom. The van der Waals surface area contributed by atoms with Crippen LogP contribution in [0.2, 0.25) is 0 Å². The molecule has 0 bridgehead atoms. The fourth-order valence-electron chi connectivity index (χ4n) is 4.36. The average Bonchev–Trinajstić information content (AvgIpc) is 3.54. The largest absolute Gasteiger partial charge is 0.365 e. The summed E-state index contributed by atoms with van der Waals surface area (Å²) in [7, 11) is 0. The smallest absolute Gasteiger partial charge is 0.260 e. The number of morpholine rings is 1. The lowest BCUT2D eigenvalue weighted by atomic mass is 9.95. The molecule has 3 fully saturated rings. The molecule has 1 aromatic rings. The van der Waals surface area contributed by atoms with Gasteiger partial charge in [0, 0.05) is 31.9 Å². The van der Waals surface area contributed by atoms with Crippen LogP contribution in [-0.4, -0.2) is 78.6 Å². The van der Waals surface area contributed by atoms with Crippen molar-refractivity contribution in [3.8, 4) is 0 Å². The molecule has 2 amide bonds. The van der Waals surface area contributed by atoms with E-state index in [-0.39, 0.29) is 30.7 Å². The van der Waals surface area contributed by atoms with Crippen molar-refractivity contribution in [2.75, 3.05) is 45.9 Å². The number of nitrogens with one attached hydrogen (secondary N) is 2. The third-order valence-corrected chi connectivity index (χ3v) is 6.41. The highest BCUT2D eigenvalue weighted by atomic mass is 16.5. The van der Waals surface area contributed by atoms with Crippen LogP contribution >= 0.6 is 0 Å². The number of carbonyl (C=O) groups excluding carboxylic acids is 2. The molecule has 8 nitrogen and oxygen atoms in total. The van der Waals surface area contributed by atoms with Crippen molar-refractivity contribution in [3.05, 3.63) is 33.7 Å². The Hall–Kier alpha value is -2.19. The monoisotopic (exact) mass is 416 g/mol. The zero-order chi connectivity index (χ0) is 21.1. The molecule has 1 saturated carbocycles. The van der Waals surface area contributed by atoms with Crippen molar-refractivity contribution >= 4 is 11.8 Å². The SMILES string of the molecule is Cc1ccc(C(=O)NCC2CN(CC3CCN(CC4CC4)CC3)C(=O)CO2)c(=O)[nH]1. The number of aryl methyl sites for hydroxylation is 1. The lowest BCUT2D eigenvalue weighted by Gasteiger charge is -2.38. The molecule has 1 atom stereocenters. The van der Waals surface area contributed by atoms with Crippen LogP contribution in [0.25, 0.3) is 0 Å². The molecule has 0 radical (unpaired) electrons. The topological polar surface area (TPSA) is 94.7 Å². The normalized spacial score (nSPS) is 23.6. The van der Waals surface area contributed by atoms with Gasteiger partial charge in [0.1, 0.15) is 12.2 Å². The van der Waals surface area contributed by atoms with E-state index in [2.05, 4.69) is 15.2 Å². The summed E-state index contributed by atoms with van der Waals surface area (Å²) in [5.41, 5.74) is 0.392. The van der Waals surface area contributed by atoms with Gasteiger partial charge in [-0.25, -0.2) is 0 Å². The standard InChI is InChI=1S/C22H32N4O4/c1-15-2-5-19(22(29)24-15)21(28)23-10-18-13-26(20(27)14-30-18)12-17-6-8-25(9-7-17)11-16-3-4-16/h2,5,16-18H,3-4,6-14H2,1H3,(H,23,28)(H,24,29). The number of pyridine rings is 1. The van der Waals surface area contributed by atoms with Gasteiger partial charge in [-0.3, -0.25) is 14.4 Å². The lowest BCUT2D eigenvalue weighted by molar-refractivity contribution is -0.149. The van der Waals surface area contributed by atoms with Crippen LogP contribution in [0.3, 0.4) is 0 Å². The molecule has 0 aromatic carbocycles. The number of ether oxygens (including phenoxy) is 1. The first-order valence-electron chi connectivity index (χ1n) is 11.1. The molecule has 4 rings (SSSR count). The first-order valence-corrected chi connectivity index (χ1v) is 11.1. The van der Waals surface area contributed by atoms with Gasteiger partial charge in [0.15, 0.2) is 0 Å². The highest BCUT2D eigenvalue weighted by Gasteiger charge is 2.31. The van der Waals surface area contributed by atoms with Gasteiger partial charge in [-0.1, -0.05) is 0 Å². The van der Waals surface area contributed by atoms with E-state index in [1.165, 1.54) is 25.5 Å². The maximum atomic E-state index is 12.3. The van der Waals surface area contributed by atoms with Crippen molar-refractivity contribution < 1.29 is 14.3 Å². The van der Waals surface area contributed by atoms with Gasteiger partial charge in [-0.2, -0.15) is 0 Å². The van der Waals surface area contributed by atoms with Crippen LogP contribution in [0, 0.1) is 18.8 Å². The summed E-state index contributed by atoms with van der Waals surface area (Å²) in [6, 6.07) is 3.22. The first-order chi connectivity index (χ1) is 14.5. The van der Waals surface area contributed by atoms with Gasteiger partial charge in [-0.15, -0.1) is 0 Å². The van der Waals surface area contributed by atoms with E-state index in [1.807, 2.05) is 4.90 Å². The number of piperidine rings is 1. The predicted molar refractivity (Wildman–Crippen MR) is 112 cm³/mol. The second kappa shape index (κ2) is 9.31. The third kappa shape index (κ3) is 5.49. The quantitative estimate of drug-likeness (QED) is 0.685. The Balaban J connectivity index is 1.23. The summed E-state index contributed by atoms with van der Waals surface area (Å²) in [5.74, 6) is 1.05. The van der Waals surface area contributed by atoms with Crippen LogP contribution in [0.15, 0.2) is 16.9 Å².